The van der Waals surface area contributed by atoms with Gasteiger partial charge < -0.3 is 10.1 Å². The maximum absolute atomic E-state index is 12.8. The molecule has 0 atom stereocenters. The van der Waals surface area contributed by atoms with E-state index in [4.69, 9.17) is 4.74 Å². The highest BCUT2D eigenvalue weighted by Gasteiger charge is 2.07. The van der Waals surface area contributed by atoms with E-state index in [2.05, 4.69) is 5.32 Å². The lowest BCUT2D eigenvalue weighted by atomic mass is 10.2. The Morgan fingerprint density at radius 2 is 1.91 bits per heavy atom. The van der Waals surface area contributed by atoms with Crippen LogP contribution in [0.15, 0.2) is 48.5 Å². The number of para-hydroxylation sites is 2. The molecule has 0 radical (unpaired) electrons. The van der Waals surface area contributed by atoms with Crippen molar-refractivity contribution in [2.45, 2.75) is 12.7 Å². The zero-order valence-electron chi connectivity index (χ0n) is 12.3. The molecule has 1 N–H and O–H groups in total. The number of hydrogen-bond acceptors (Lipinski definition) is 3. The molecule has 0 saturated heterocycles. The summed E-state index contributed by atoms with van der Waals surface area (Å²) < 4.78 is 18.3. The van der Waals surface area contributed by atoms with E-state index in [1.807, 2.05) is 31.2 Å². The Morgan fingerprint density at radius 3 is 2.64 bits per heavy atom. The number of ether oxygens (including phenoxy) is 1. The molecule has 0 aliphatic heterocycles. The van der Waals surface area contributed by atoms with Crippen LogP contribution in [0.2, 0.25) is 0 Å². The van der Waals surface area contributed by atoms with Crippen LogP contribution in [0.3, 0.4) is 0 Å². The molecule has 0 aliphatic rings. The molecule has 0 saturated carbocycles. The maximum atomic E-state index is 12.8. The maximum Gasteiger partial charge on any atom is 0.234 e. The molecular weight excluding hydrogens is 301 g/mol. The normalized spacial score (nSPS) is 10.3. The molecule has 0 fully saturated rings. The fourth-order valence-electron chi connectivity index (χ4n) is 1.88. The fourth-order valence-corrected chi connectivity index (χ4v) is 2.67. The van der Waals surface area contributed by atoms with Gasteiger partial charge in [-0.25, -0.2) is 4.39 Å². The number of halogens is 1. The Labute approximate surface area is 133 Å². The van der Waals surface area contributed by atoms with E-state index in [9.17, 15) is 9.18 Å². The van der Waals surface area contributed by atoms with Crippen LogP contribution in [0.1, 0.15) is 12.5 Å². The Hall–Kier alpha value is -2.01. The summed E-state index contributed by atoms with van der Waals surface area (Å²) in [5, 5.41) is 2.85. The van der Waals surface area contributed by atoms with Crippen LogP contribution < -0.4 is 10.1 Å². The minimum atomic E-state index is -0.251. The molecule has 2 aromatic carbocycles. The summed E-state index contributed by atoms with van der Waals surface area (Å²) in [6.07, 6.45) is 0. The van der Waals surface area contributed by atoms with Crippen molar-refractivity contribution in [2.24, 2.45) is 0 Å². The Morgan fingerprint density at radius 1 is 1.18 bits per heavy atom. The highest BCUT2D eigenvalue weighted by atomic mass is 32.2. The lowest BCUT2D eigenvalue weighted by Crippen LogP contribution is -2.15. The number of carbonyl (C=O) groups is 1. The Bertz CT molecular complexity index is 616. The van der Waals surface area contributed by atoms with Crippen LogP contribution in [-0.4, -0.2) is 18.3 Å². The topological polar surface area (TPSA) is 38.3 Å². The largest absolute Gasteiger partial charge is 0.492 e. The van der Waals surface area contributed by atoms with Crippen LogP contribution >= 0.6 is 11.8 Å². The molecule has 0 aliphatic carbocycles. The van der Waals surface area contributed by atoms with E-state index in [-0.39, 0.29) is 11.7 Å². The van der Waals surface area contributed by atoms with Gasteiger partial charge >= 0.3 is 0 Å². The minimum Gasteiger partial charge on any atom is -0.492 e. The summed E-state index contributed by atoms with van der Waals surface area (Å²) >= 11 is 1.48. The molecule has 0 spiro atoms. The predicted octanol–water partition coefficient (Wildman–Crippen LogP) is 4.10. The van der Waals surface area contributed by atoms with Gasteiger partial charge in [0.2, 0.25) is 5.91 Å². The number of nitrogens with one attached hydrogen (secondary N) is 1. The van der Waals surface area contributed by atoms with E-state index >= 15 is 0 Å². The second-order valence-corrected chi connectivity index (χ2v) is 5.58. The fraction of sp³-hybridized carbons (Fsp3) is 0.235. The summed E-state index contributed by atoms with van der Waals surface area (Å²) in [5.41, 5.74) is 1.67. The molecule has 0 unspecified atom stereocenters. The number of rotatable bonds is 7. The molecule has 2 rings (SSSR count). The zero-order valence-corrected chi connectivity index (χ0v) is 13.2. The number of thioether (sulfide) groups is 1. The SMILES string of the molecule is CCOc1ccccc1NC(=O)CSCc1ccc(F)cc1. The molecule has 2 aromatic rings. The standard InChI is InChI=1S/C17H18FNO2S/c1-2-21-16-6-4-3-5-15(16)19-17(20)12-22-11-13-7-9-14(18)10-8-13/h3-10H,2,11-12H2,1H3,(H,19,20). The van der Waals surface area contributed by atoms with Gasteiger partial charge in [0.1, 0.15) is 11.6 Å². The molecule has 0 aromatic heterocycles. The van der Waals surface area contributed by atoms with Crippen molar-refractivity contribution in [3.63, 3.8) is 0 Å². The first-order valence-electron chi connectivity index (χ1n) is 7.03. The number of hydrogen-bond donors (Lipinski definition) is 1. The highest BCUT2D eigenvalue weighted by Crippen LogP contribution is 2.24. The van der Waals surface area contributed by atoms with Crippen LogP contribution in [0.25, 0.3) is 0 Å². The lowest BCUT2D eigenvalue weighted by molar-refractivity contribution is -0.113. The molecular formula is C17H18FNO2S. The first kappa shape index (κ1) is 16.4. The van der Waals surface area contributed by atoms with Gasteiger partial charge in [0.05, 0.1) is 18.0 Å². The molecule has 3 nitrogen and oxygen atoms in total. The molecule has 22 heavy (non-hydrogen) atoms. The summed E-state index contributed by atoms with van der Waals surface area (Å²) in [6, 6.07) is 13.7. The van der Waals surface area contributed by atoms with Crippen molar-refractivity contribution in [1.29, 1.82) is 0 Å². The van der Waals surface area contributed by atoms with Gasteiger partial charge in [-0.15, -0.1) is 11.8 Å². The monoisotopic (exact) mass is 319 g/mol. The Balaban J connectivity index is 1.82. The third-order valence-electron chi connectivity index (χ3n) is 2.88. The summed E-state index contributed by atoms with van der Waals surface area (Å²) in [4.78, 5) is 12.0. The Kier molecular flexibility index (Phi) is 6.27. The van der Waals surface area contributed by atoms with Gasteiger partial charge in [0.15, 0.2) is 0 Å². The van der Waals surface area contributed by atoms with E-state index in [0.717, 1.165) is 5.56 Å². The van der Waals surface area contributed by atoms with Gasteiger partial charge in [-0.3, -0.25) is 4.79 Å². The smallest absolute Gasteiger partial charge is 0.234 e. The van der Waals surface area contributed by atoms with Gasteiger partial charge in [0, 0.05) is 5.75 Å². The first-order valence-corrected chi connectivity index (χ1v) is 8.18. The number of anilines is 1. The summed E-state index contributed by atoms with van der Waals surface area (Å²) in [6.45, 7) is 2.45. The van der Waals surface area contributed by atoms with Crippen LogP contribution in [-0.2, 0) is 10.5 Å². The van der Waals surface area contributed by atoms with Crippen molar-refractivity contribution in [2.75, 3.05) is 17.7 Å². The number of benzene rings is 2. The number of carbonyl (C=O) groups excluding carboxylic acids is 1. The third-order valence-corrected chi connectivity index (χ3v) is 3.88. The van der Waals surface area contributed by atoms with Crippen molar-refractivity contribution in [1.82, 2.24) is 0 Å². The molecule has 0 bridgehead atoms. The minimum absolute atomic E-state index is 0.0840. The van der Waals surface area contributed by atoms with Crippen molar-refractivity contribution < 1.29 is 13.9 Å². The van der Waals surface area contributed by atoms with E-state index in [1.54, 1.807) is 12.1 Å². The van der Waals surface area contributed by atoms with E-state index < -0.39 is 0 Å². The average Bonchev–Trinajstić information content (AvgIpc) is 2.51. The first-order chi connectivity index (χ1) is 10.7. The third kappa shape index (κ3) is 5.07. The lowest BCUT2D eigenvalue weighted by Gasteiger charge is -2.11. The summed E-state index contributed by atoms with van der Waals surface area (Å²) in [7, 11) is 0. The van der Waals surface area contributed by atoms with Crippen LogP contribution in [0.4, 0.5) is 10.1 Å². The second-order valence-electron chi connectivity index (χ2n) is 4.60. The zero-order chi connectivity index (χ0) is 15.8. The van der Waals surface area contributed by atoms with E-state index in [0.29, 0.717) is 29.5 Å². The second kappa shape index (κ2) is 8.44. The van der Waals surface area contributed by atoms with Crippen LogP contribution in [0, 0.1) is 5.82 Å². The van der Waals surface area contributed by atoms with Crippen molar-refractivity contribution in [3.05, 3.63) is 59.9 Å². The molecule has 1 amide bonds. The number of amides is 1. The predicted molar refractivity (Wildman–Crippen MR) is 88.8 cm³/mol. The van der Waals surface area contributed by atoms with Crippen LogP contribution in [0.5, 0.6) is 5.75 Å². The van der Waals surface area contributed by atoms with Gasteiger partial charge in [-0.1, -0.05) is 24.3 Å². The highest BCUT2D eigenvalue weighted by molar-refractivity contribution is 7.99. The van der Waals surface area contributed by atoms with Gasteiger partial charge in [0.25, 0.3) is 0 Å². The van der Waals surface area contributed by atoms with Crippen molar-refractivity contribution >= 4 is 23.4 Å². The average molecular weight is 319 g/mol. The molecule has 116 valence electrons. The summed E-state index contributed by atoms with van der Waals surface area (Å²) in [5.74, 6) is 1.33. The van der Waals surface area contributed by atoms with E-state index in [1.165, 1.54) is 23.9 Å². The van der Waals surface area contributed by atoms with Gasteiger partial charge in [-0.05, 0) is 36.8 Å². The molecule has 5 heteroatoms. The quantitative estimate of drug-likeness (QED) is 0.835. The van der Waals surface area contributed by atoms with Gasteiger partial charge in [-0.2, -0.15) is 0 Å². The van der Waals surface area contributed by atoms with Crippen molar-refractivity contribution in [3.8, 4) is 5.75 Å². The molecule has 0 heterocycles.